The zero-order chi connectivity index (χ0) is 11.1. The van der Waals surface area contributed by atoms with E-state index in [1.165, 1.54) is 12.1 Å². The molecule has 1 aliphatic rings. The van der Waals surface area contributed by atoms with Crippen LogP contribution in [0.3, 0.4) is 0 Å². The van der Waals surface area contributed by atoms with Crippen LogP contribution in [0.2, 0.25) is 5.02 Å². The van der Waals surface area contributed by atoms with Gasteiger partial charge in [0, 0.05) is 11.1 Å². The van der Waals surface area contributed by atoms with Gasteiger partial charge >= 0.3 is 6.18 Å². The first-order valence-electron chi connectivity index (χ1n) is 4.59. The summed E-state index contributed by atoms with van der Waals surface area (Å²) < 4.78 is 38.0. The summed E-state index contributed by atoms with van der Waals surface area (Å²) >= 11 is 5.80. The first-order chi connectivity index (χ1) is 7.00. The fraction of sp³-hybridized carbons (Fsp3) is 0.400. The third kappa shape index (κ3) is 2.44. The van der Waals surface area contributed by atoms with Crippen LogP contribution in [0.1, 0.15) is 23.6 Å². The minimum Gasteiger partial charge on any atom is -0.310 e. The van der Waals surface area contributed by atoms with Crippen LogP contribution in [-0.2, 0) is 6.18 Å². The smallest absolute Gasteiger partial charge is 0.310 e. The first kappa shape index (κ1) is 13.6. The van der Waals surface area contributed by atoms with Gasteiger partial charge < -0.3 is 5.32 Å². The highest BCUT2D eigenvalue weighted by molar-refractivity contribution is 6.31. The van der Waals surface area contributed by atoms with Crippen LogP contribution in [0.15, 0.2) is 18.2 Å². The summed E-state index contributed by atoms with van der Waals surface area (Å²) in [5.41, 5.74) is -0.454. The predicted molar refractivity (Wildman–Crippen MR) is 59.1 cm³/mol. The van der Waals surface area contributed by atoms with E-state index in [9.17, 15) is 13.2 Å². The van der Waals surface area contributed by atoms with Gasteiger partial charge in [-0.25, -0.2) is 0 Å². The second-order valence-electron chi connectivity index (χ2n) is 3.49. The molecule has 16 heavy (non-hydrogen) atoms. The van der Waals surface area contributed by atoms with Crippen LogP contribution in [0.25, 0.3) is 0 Å². The molecule has 0 amide bonds. The highest BCUT2D eigenvalue weighted by Crippen LogP contribution is 2.40. The molecule has 1 heterocycles. The largest absolute Gasteiger partial charge is 0.416 e. The molecule has 0 aromatic heterocycles. The molecule has 1 aromatic rings. The Hall–Kier alpha value is -0.450. The van der Waals surface area contributed by atoms with Gasteiger partial charge in [0.15, 0.2) is 0 Å². The van der Waals surface area contributed by atoms with Gasteiger partial charge in [0.1, 0.15) is 0 Å². The van der Waals surface area contributed by atoms with E-state index in [1.54, 1.807) is 0 Å². The summed E-state index contributed by atoms with van der Waals surface area (Å²) in [7, 11) is 0. The monoisotopic (exact) mass is 271 g/mol. The van der Waals surface area contributed by atoms with E-state index in [-0.39, 0.29) is 29.0 Å². The van der Waals surface area contributed by atoms with E-state index < -0.39 is 11.7 Å². The van der Waals surface area contributed by atoms with Crippen LogP contribution >= 0.6 is 24.0 Å². The van der Waals surface area contributed by atoms with Crippen LogP contribution in [0.4, 0.5) is 13.2 Å². The SMILES string of the molecule is Cl.FC(F)(F)c1cccc(Cl)c1[C@H]1CCN1. The fourth-order valence-corrected chi connectivity index (χ4v) is 1.98. The van der Waals surface area contributed by atoms with Crippen molar-refractivity contribution in [2.45, 2.75) is 18.6 Å². The van der Waals surface area contributed by atoms with Gasteiger partial charge in [0.05, 0.1) is 5.56 Å². The maximum atomic E-state index is 12.7. The molecule has 1 saturated heterocycles. The second kappa shape index (κ2) is 4.82. The van der Waals surface area contributed by atoms with Crippen LogP contribution in [0.5, 0.6) is 0 Å². The maximum Gasteiger partial charge on any atom is 0.416 e. The van der Waals surface area contributed by atoms with Crippen molar-refractivity contribution in [2.75, 3.05) is 6.54 Å². The number of benzene rings is 1. The lowest BCUT2D eigenvalue weighted by Gasteiger charge is -2.31. The van der Waals surface area contributed by atoms with Gasteiger partial charge in [0.2, 0.25) is 0 Å². The zero-order valence-corrected chi connectivity index (χ0v) is 9.72. The molecule has 0 radical (unpaired) electrons. The molecular weight excluding hydrogens is 262 g/mol. The Kier molecular flexibility index (Phi) is 4.10. The first-order valence-corrected chi connectivity index (χ1v) is 4.97. The lowest BCUT2D eigenvalue weighted by molar-refractivity contribution is -0.138. The van der Waals surface area contributed by atoms with E-state index in [4.69, 9.17) is 11.6 Å². The van der Waals surface area contributed by atoms with E-state index in [1.807, 2.05) is 0 Å². The van der Waals surface area contributed by atoms with Crippen molar-refractivity contribution in [2.24, 2.45) is 0 Å². The standard InChI is InChI=1S/C10H9ClF3N.ClH/c11-7-3-1-2-6(10(12,13)14)9(7)8-4-5-15-8;/h1-3,8,15H,4-5H2;1H/t8-;/m1./s1. The summed E-state index contributed by atoms with van der Waals surface area (Å²) in [6.45, 7) is 0.743. The van der Waals surface area contributed by atoms with E-state index in [2.05, 4.69) is 5.32 Å². The second-order valence-corrected chi connectivity index (χ2v) is 3.90. The molecule has 0 aliphatic carbocycles. The van der Waals surface area contributed by atoms with Gasteiger partial charge in [0.25, 0.3) is 0 Å². The van der Waals surface area contributed by atoms with Crippen molar-refractivity contribution in [1.82, 2.24) is 5.32 Å². The van der Waals surface area contributed by atoms with Crippen molar-refractivity contribution in [3.8, 4) is 0 Å². The molecular formula is C10H10Cl2F3N. The molecule has 1 aliphatic heterocycles. The number of hydrogen-bond acceptors (Lipinski definition) is 1. The minimum absolute atomic E-state index is 0. The number of nitrogens with one attached hydrogen (secondary N) is 1. The number of hydrogen-bond donors (Lipinski definition) is 1. The highest BCUT2D eigenvalue weighted by atomic mass is 35.5. The molecule has 1 fully saturated rings. The molecule has 1 nitrogen and oxygen atoms in total. The van der Waals surface area contributed by atoms with Gasteiger partial charge in [-0.05, 0) is 30.7 Å². The molecule has 2 rings (SSSR count). The summed E-state index contributed by atoms with van der Waals surface area (Å²) in [4.78, 5) is 0. The Bertz CT molecular complexity index is 375. The van der Waals surface area contributed by atoms with E-state index in [0.717, 1.165) is 12.6 Å². The van der Waals surface area contributed by atoms with Crippen molar-refractivity contribution < 1.29 is 13.2 Å². The molecule has 0 bridgehead atoms. The molecule has 6 heteroatoms. The van der Waals surface area contributed by atoms with Crippen LogP contribution < -0.4 is 5.32 Å². The molecule has 1 aromatic carbocycles. The normalized spacial score (nSPS) is 19.9. The van der Waals surface area contributed by atoms with Crippen molar-refractivity contribution in [3.63, 3.8) is 0 Å². The topological polar surface area (TPSA) is 12.0 Å². The molecule has 1 atom stereocenters. The summed E-state index contributed by atoms with van der Waals surface area (Å²) in [6, 6.07) is 3.64. The third-order valence-corrected chi connectivity index (χ3v) is 2.86. The number of alkyl halides is 3. The van der Waals surface area contributed by atoms with Crippen LogP contribution in [-0.4, -0.2) is 6.54 Å². The van der Waals surface area contributed by atoms with E-state index >= 15 is 0 Å². The van der Waals surface area contributed by atoms with Gasteiger partial charge in [-0.1, -0.05) is 17.7 Å². The van der Waals surface area contributed by atoms with Crippen molar-refractivity contribution in [3.05, 3.63) is 34.3 Å². The fourth-order valence-electron chi connectivity index (χ4n) is 1.67. The maximum absolute atomic E-state index is 12.7. The van der Waals surface area contributed by atoms with Gasteiger partial charge in [-0.3, -0.25) is 0 Å². The summed E-state index contributed by atoms with van der Waals surface area (Å²) in [6.07, 6.45) is -3.63. The third-order valence-electron chi connectivity index (χ3n) is 2.53. The molecule has 90 valence electrons. The van der Waals surface area contributed by atoms with Gasteiger partial charge in [-0.15, -0.1) is 12.4 Å². The zero-order valence-electron chi connectivity index (χ0n) is 8.14. The lowest BCUT2D eigenvalue weighted by atomic mass is 9.93. The Balaban J connectivity index is 0.00000128. The average molecular weight is 272 g/mol. The molecule has 0 saturated carbocycles. The Labute approximate surface area is 102 Å². The Morgan fingerprint density at radius 3 is 2.38 bits per heavy atom. The average Bonchev–Trinajstić information content (AvgIpc) is 2.03. The van der Waals surface area contributed by atoms with Crippen molar-refractivity contribution >= 4 is 24.0 Å². The predicted octanol–water partition coefficient (Wildman–Crippen LogP) is 3.82. The van der Waals surface area contributed by atoms with Crippen molar-refractivity contribution in [1.29, 1.82) is 0 Å². The molecule has 0 unspecified atom stereocenters. The Morgan fingerprint density at radius 1 is 1.31 bits per heavy atom. The summed E-state index contributed by atoms with van der Waals surface area (Å²) in [5.74, 6) is 0. The van der Waals surface area contributed by atoms with Crippen LogP contribution in [0, 0.1) is 0 Å². The van der Waals surface area contributed by atoms with Gasteiger partial charge in [-0.2, -0.15) is 13.2 Å². The summed E-state index contributed by atoms with van der Waals surface area (Å²) in [5, 5.41) is 3.11. The lowest BCUT2D eigenvalue weighted by Crippen LogP contribution is -2.36. The molecule has 1 N–H and O–H groups in total. The molecule has 0 spiro atoms. The number of halogens is 5. The highest BCUT2D eigenvalue weighted by Gasteiger charge is 2.37. The minimum atomic E-state index is -4.34. The quantitative estimate of drug-likeness (QED) is 0.819. The van der Waals surface area contributed by atoms with E-state index in [0.29, 0.717) is 6.42 Å². The number of rotatable bonds is 1. The Morgan fingerprint density at radius 2 is 1.94 bits per heavy atom.